The summed E-state index contributed by atoms with van der Waals surface area (Å²) >= 11 is 1.15. The molecule has 0 atom stereocenters. The Hall–Kier alpha value is -3.35. The molecule has 8 nitrogen and oxygen atoms in total. The number of anilines is 1. The molecular weight excluding hydrogens is 382 g/mol. The zero-order valence-electron chi connectivity index (χ0n) is 14.9. The highest BCUT2D eigenvalue weighted by Crippen LogP contribution is 2.30. The highest BCUT2D eigenvalue weighted by atomic mass is 32.2. The number of para-hydroxylation sites is 2. The highest BCUT2D eigenvalue weighted by molar-refractivity contribution is 7.99. The quantitative estimate of drug-likeness (QED) is 0.229. The van der Waals surface area contributed by atoms with E-state index in [1.807, 2.05) is 0 Å². The minimum atomic E-state index is -0.659. The minimum absolute atomic E-state index is 0.106. The zero-order valence-corrected chi connectivity index (χ0v) is 15.7. The molecule has 0 aliphatic carbocycles. The second-order valence-corrected chi connectivity index (χ2v) is 6.52. The van der Waals surface area contributed by atoms with Crippen LogP contribution in [0.3, 0.4) is 0 Å². The summed E-state index contributed by atoms with van der Waals surface area (Å²) in [5, 5.41) is 32.1. The van der Waals surface area contributed by atoms with Gasteiger partial charge in [0.2, 0.25) is 0 Å². The van der Waals surface area contributed by atoms with Gasteiger partial charge in [0.1, 0.15) is 17.4 Å². The third kappa shape index (κ3) is 5.33. The van der Waals surface area contributed by atoms with Gasteiger partial charge >= 0.3 is 0 Å². The number of benzene rings is 2. The van der Waals surface area contributed by atoms with Gasteiger partial charge < -0.3 is 15.2 Å². The number of amides is 1. The van der Waals surface area contributed by atoms with Crippen molar-refractivity contribution >= 4 is 35.1 Å². The van der Waals surface area contributed by atoms with E-state index in [1.54, 1.807) is 36.4 Å². The summed E-state index contributed by atoms with van der Waals surface area (Å²) in [5.74, 6) is 0.100. The summed E-state index contributed by atoms with van der Waals surface area (Å²) in [7, 11) is 1.46. The van der Waals surface area contributed by atoms with Gasteiger partial charge in [-0.15, -0.1) is 11.8 Å². The first kappa shape index (κ1) is 21.0. The van der Waals surface area contributed by atoms with E-state index in [4.69, 9.17) is 9.84 Å². The van der Waals surface area contributed by atoms with Gasteiger partial charge in [-0.05, 0) is 29.8 Å². The van der Waals surface area contributed by atoms with Gasteiger partial charge in [-0.25, -0.2) is 0 Å². The minimum Gasteiger partial charge on any atom is -0.495 e. The van der Waals surface area contributed by atoms with Gasteiger partial charge in [0, 0.05) is 11.8 Å². The first-order valence-corrected chi connectivity index (χ1v) is 9.07. The van der Waals surface area contributed by atoms with Crippen molar-refractivity contribution in [2.75, 3.05) is 24.8 Å². The van der Waals surface area contributed by atoms with Crippen LogP contribution in [0.5, 0.6) is 5.75 Å². The first-order valence-electron chi connectivity index (χ1n) is 8.08. The molecule has 0 aliphatic rings. The lowest BCUT2D eigenvalue weighted by atomic mass is 10.1. The Labute approximate surface area is 165 Å². The van der Waals surface area contributed by atoms with Crippen molar-refractivity contribution in [2.24, 2.45) is 0 Å². The lowest BCUT2D eigenvalue weighted by molar-refractivity contribution is -0.387. The number of nitro benzene ring substituents is 1. The lowest BCUT2D eigenvalue weighted by Crippen LogP contribution is -2.14. The van der Waals surface area contributed by atoms with Crippen molar-refractivity contribution in [3.63, 3.8) is 0 Å². The molecule has 28 heavy (non-hydrogen) atoms. The smallest absolute Gasteiger partial charge is 0.283 e. The third-order valence-corrected chi connectivity index (χ3v) is 4.60. The average molecular weight is 399 g/mol. The maximum absolute atomic E-state index is 12.4. The number of nitriles is 1. The van der Waals surface area contributed by atoms with Crippen LogP contribution in [0.2, 0.25) is 0 Å². The highest BCUT2D eigenvalue weighted by Gasteiger charge is 2.16. The predicted octanol–water partition coefficient (Wildman–Crippen LogP) is 3.23. The molecule has 1 amide bonds. The van der Waals surface area contributed by atoms with Gasteiger partial charge in [-0.2, -0.15) is 5.26 Å². The Bertz CT molecular complexity index is 953. The number of carbonyl (C=O) groups is 1. The number of nitrogens with one attached hydrogen (secondary N) is 1. The number of hydrogen-bond donors (Lipinski definition) is 2. The SMILES string of the molecule is COc1ccccc1NC(=O)C(C#N)=Cc1ccc(SCCO)c([N+](=O)[O-])c1. The number of nitro groups is 1. The monoisotopic (exact) mass is 399 g/mol. The molecule has 0 aliphatic heterocycles. The molecule has 0 aromatic heterocycles. The Morgan fingerprint density at radius 3 is 2.79 bits per heavy atom. The summed E-state index contributed by atoms with van der Waals surface area (Å²) in [6.07, 6.45) is 1.28. The van der Waals surface area contributed by atoms with Crippen LogP contribution in [0.15, 0.2) is 52.9 Å². The maximum atomic E-state index is 12.4. The van der Waals surface area contributed by atoms with E-state index in [9.17, 15) is 20.2 Å². The van der Waals surface area contributed by atoms with E-state index in [-0.39, 0.29) is 17.9 Å². The molecule has 2 aromatic rings. The van der Waals surface area contributed by atoms with Gasteiger partial charge in [-0.1, -0.05) is 18.2 Å². The van der Waals surface area contributed by atoms with Crippen LogP contribution >= 0.6 is 11.8 Å². The molecule has 9 heteroatoms. The summed E-state index contributed by atoms with van der Waals surface area (Å²) in [6, 6.07) is 12.9. The predicted molar refractivity (Wildman–Crippen MR) is 106 cm³/mol. The molecule has 0 heterocycles. The molecule has 2 aromatic carbocycles. The molecule has 0 spiro atoms. The number of nitrogens with zero attached hydrogens (tertiary/aromatic N) is 2. The Balaban J connectivity index is 2.30. The van der Waals surface area contributed by atoms with Gasteiger partial charge in [0.25, 0.3) is 11.6 Å². The number of rotatable bonds is 8. The van der Waals surface area contributed by atoms with Crippen molar-refractivity contribution in [3.05, 3.63) is 63.7 Å². The fourth-order valence-corrected chi connectivity index (χ4v) is 3.05. The first-order chi connectivity index (χ1) is 13.5. The fraction of sp³-hybridized carbons (Fsp3) is 0.158. The second-order valence-electron chi connectivity index (χ2n) is 5.38. The number of aliphatic hydroxyl groups excluding tert-OH is 1. The van der Waals surface area contributed by atoms with E-state index < -0.39 is 10.8 Å². The Kier molecular flexibility index (Phi) is 7.56. The number of thioether (sulfide) groups is 1. The van der Waals surface area contributed by atoms with Gasteiger partial charge in [0.05, 0.1) is 29.2 Å². The maximum Gasteiger partial charge on any atom is 0.283 e. The largest absolute Gasteiger partial charge is 0.495 e. The summed E-state index contributed by atoms with van der Waals surface area (Å²) in [5.41, 5.74) is 0.371. The van der Waals surface area contributed by atoms with Crippen molar-refractivity contribution in [1.29, 1.82) is 5.26 Å². The van der Waals surface area contributed by atoms with Crippen LogP contribution in [0.1, 0.15) is 5.56 Å². The molecule has 0 saturated heterocycles. The van der Waals surface area contributed by atoms with Crippen LogP contribution in [0.4, 0.5) is 11.4 Å². The standard InChI is InChI=1S/C19H17N3O5S/c1-27-17-5-3-2-4-15(17)21-19(24)14(12-20)10-13-6-7-18(28-9-8-23)16(11-13)22(25)26/h2-7,10-11,23H,8-9H2,1H3,(H,21,24). The topological polar surface area (TPSA) is 125 Å². The molecule has 0 saturated carbocycles. The second kappa shape index (κ2) is 10.1. The van der Waals surface area contributed by atoms with Crippen LogP contribution in [0, 0.1) is 21.4 Å². The lowest BCUT2D eigenvalue weighted by Gasteiger charge is -2.09. The van der Waals surface area contributed by atoms with Crippen molar-refractivity contribution < 1.29 is 19.6 Å². The number of carbonyl (C=O) groups excluding carboxylic acids is 1. The van der Waals surface area contributed by atoms with E-state index in [2.05, 4.69) is 5.32 Å². The molecular formula is C19H17N3O5S. The van der Waals surface area contributed by atoms with Crippen molar-refractivity contribution in [1.82, 2.24) is 0 Å². The molecule has 0 unspecified atom stereocenters. The van der Waals surface area contributed by atoms with Crippen LogP contribution in [0.25, 0.3) is 6.08 Å². The summed E-state index contributed by atoms with van der Waals surface area (Å²) in [6.45, 7) is -0.106. The summed E-state index contributed by atoms with van der Waals surface area (Å²) < 4.78 is 5.15. The Morgan fingerprint density at radius 2 is 2.14 bits per heavy atom. The molecule has 2 N–H and O–H groups in total. The Morgan fingerprint density at radius 1 is 1.39 bits per heavy atom. The molecule has 0 fully saturated rings. The summed E-state index contributed by atoms with van der Waals surface area (Å²) in [4.78, 5) is 23.6. The molecule has 0 radical (unpaired) electrons. The fourth-order valence-electron chi connectivity index (χ4n) is 2.30. The molecule has 144 valence electrons. The average Bonchev–Trinajstić information content (AvgIpc) is 2.70. The van der Waals surface area contributed by atoms with E-state index in [0.29, 0.717) is 27.6 Å². The van der Waals surface area contributed by atoms with Gasteiger partial charge in [-0.3, -0.25) is 14.9 Å². The number of hydrogen-bond acceptors (Lipinski definition) is 7. The van der Waals surface area contributed by atoms with E-state index in [0.717, 1.165) is 11.8 Å². The van der Waals surface area contributed by atoms with Crippen LogP contribution in [-0.2, 0) is 4.79 Å². The van der Waals surface area contributed by atoms with E-state index >= 15 is 0 Å². The number of methoxy groups -OCH3 is 1. The number of aliphatic hydroxyl groups is 1. The van der Waals surface area contributed by atoms with E-state index in [1.165, 1.54) is 25.3 Å². The van der Waals surface area contributed by atoms with Crippen LogP contribution in [-0.4, -0.2) is 35.4 Å². The van der Waals surface area contributed by atoms with Gasteiger partial charge in [0.15, 0.2) is 0 Å². The zero-order chi connectivity index (χ0) is 20.5. The van der Waals surface area contributed by atoms with Crippen LogP contribution < -0.4 is 10.1 Å². The third-order valence-electron chi connectivity index (χ3n) is 3.56. The van der Waals surface area contributed by atoms with Crippen molar-refractivity contribution in [2.45, 2.75) is 4.90 Å². The van der Waals surface area contributed by atoms with Crippen molar-refractivity contribution in [3.8, 4) is 11.8 Å². The number of ether oxygens (including phenoxy) is 1. The molecule has 0 bridgehead atoms. The molecule has 2 rings (SSSR count). The normalized spacial score (nSPS) is 10.8.